The second-order valence-corrected chi connectivity index (χ2v) is 7.60. The fourth-order valence-electron chi connectivity index (χ4n) is 2.67. The summed E-state index contributed by atoms with van der Waals surface area (Å²) in [4.78, 5) is 23.1. The lowest BCUT2D eigenvalue weighted by atomic mass is 9.86. The van der Waals surface area contributed by atoms with Gasteiger partial charge in [-0.15, -0.1) is 0 Å². The van der Waals surface area contributed by atoms with Gasteiger partial charge in [-0.1, -0.05) is 57.2 Å². The largest absolute Gasteiger partial charge is 0.355 e. The normalized spacial score (nSPS) is 11.1. The first-order valence-electron chi connectivity index (χ1n) is 8.97. The molecule has 0 bridgehead atoms. The molecule has 0 saturated carbocycles. The minimum atomic E-state index is -0.106. The van der Waals surface area contributed by atoms with Gasteiger partial charge in [0.15, 0.2) is 0 Å². The molecule has 0 spiro atoms. The first kappa shape index (κ1) is 19.7. The van der Waals surface area contributed by atoms with Crippen LogP contribution in [0.5, 0.6) is 0 Å². The summed E-state index contributed by atoms with van der Waals surface area (Å²) >= 11 is 0. The molecule has 0 fully saturated rings. The smallest absolute Gasteiger partial charge is 0.224 e. The van der Waals surface area contributed by atoms with Crippen LogP contribution in [0, 0.1) is 0 Å². The first-order valence-corrected chi connectivity index (χ1v) is 8.97. The average Bonchev–Trinajstić information content (AvgIpc) is 2.56. The third-order valence-corrected chi connectivity index (χ3v) is 4.19. The molecular weight excluding hydrogens is 324 g/mol. The van der Waals surface area contributed by atoms with Gasteiger partial charge in [0.05, 0.1) is 6.42 Å². The molecule has 0 radical (unpaired) electrons. The van der Waals surface area contributed by atoms with Crippen LogP contribution in [0.4, 0.5) is 5.69 Å². The van der Waals surface area contributed by atoms with Crippen molar-refractivity contribution in [3.63, 3.8) is 0 Å². The number of carbonyl (C=O) groups is 2. The monoisotopic (exact) mass is 352 g/mol. The first-order chi connectivity index (χ1) is 12.2. The van der Waals surface area contributed by atoms with Crippen LogP contribution in [0.15, 0.2) is 48.5 Å². The van der Waals surface area contributed by atoms with Crippen molar-refractivity contribution in [2.45, 2.75) is 46.0 Å². The van der Waals surface area contributed by atoms with E-state index in [0.29, 0.717) is 13.0 Å². The third-order valence-electron chi connectivity index (χ3n) is 4.19. The zero-order valence-corrected chi connectivity index (χ0v) is 16.1. The lowest BCUT2D eigenvalue weighted by Crippen LogP contribution is -2.27. The van der Waals surface area contributed by atoms with E-state index in [-0.39, 0.29) is 17.2 Å². The van der Waals surface area contributed by atoms with Crippen LogP contribution < -0.4 is 10.6 Å². The molecule has 0 aliphatic heterocycles. The number of amides is 2. The van der Waals surface area contributed by atoms with Gasteiger partial charge in [0, 0.05) is 19.2 Å². The predicted molar refractivity (Wildman–Crippen MR) is 106 cm³/mol. The maximum Gasteiger partial charge on any atom is 0.224 e. The number of rotatable bonds is 6. The van der Waals surface area contributed by atoms with Crippen LogP contribution in [0.1, 0.15) is 44.4 Å². The summed E-state index contributed by atoms with van der Waals surface area (Å²) < 4.78 is 0. The molecule has 2 N–H and O–H groups in total. The van der Waals surface area contributed by atoms with Gasteiger partial charge in [-0.05, 0) is 40.7 Å². The van der Waals surface area contributed by atoms with E-state index in [1.165, 1.54) is 18.1 Å². The van der Waals surface area contributed by atoms with E-state index in [1.54, 1.807) is 12.1 Å². The van der Waals surface area contributed by atoms with Gasteiger partial charge in [-0.3, -0.25) is 9.59 Å². The number of hydrogen-bond acceptors (Lipinski definition) is 2. The molecule has 0 atom stereocenters. The van der Waals surface area contributed by atoms with E-state index in [1.807, 2.05) is 12.1 Å². The Kier molecular flexibility index (Phi) is 6.56. The van der Waals surface area contributed by atoms with E-state index in [4.69, 9.17) is 0 Å². The molecule has 4 nitrogen and oxygen atoms in total. The molecule has 0 aliphatic rings. The Balaban J connectivity index is 1.77. The SMILES string of the molecule is CC(=O)Nc1ccc(CC(=O)NCCc2ccc(C(C)(C)C)cc2)cc1. The quantitative estimate of drug-likeness (QED) is 0.830. The molecule has 26 heavy (non-hydrogen) atoms. The maximum atomic E-state index is 12.1. The van der Waals surface area contributed by atoms with Gasteiger partial charge in [-0.2, -0.15) is 0 Å². The van der Waals surface area contributed by atoms with E-state index >= 15 is 0 Å². The Labute approximate surface area is 156 Å². The minimum Gasteiger partial charge on any atom is -0.355 e. The highest BCUT2D eigenvalue weighted by atomic mass is 16.2. The zero-order valence-electron chi connectivity index (χ0n) is 16.1. The predicted octanol–water partition coefficient (Wildman–Crippen LogP) is 3.84. The van der Waals surface area contributed by atoms with Crippen molar-refractivity contribution in [1.29, 1.82) is 0 Å². The van der Waals surface area contributed by atoms with Crippen molar-refractivity contribution < 1.29 is 9.59 Å². The molecule has 0 aromatic heterocycles. The lowest BCUT2D eigenvalue weighted by molar-refractivity contribution is -0.120. The van der Waals surface area contributed by atoms with E-state index in [2.05, 4.69) is 55.7 Å². The summed E-state index contributed by atoms with van der Waals surface area (Å²) in [5.74, 6) is -0.102. The molecular formula is C22H28N2O2. The zero-order chi connectivity index (χ0) is 19.2. The fraction of sp³-hybridized carbons (Fsp3) is 0.364. The van der Waals surface area contributed by atoms with Crippen LogP contribution in [0.2, 0.25) is 0 Å². The van der Waals surface area contributed by atoms with E-state index in [0.717, 1.165) is 17.7 Å². The molecule has 2 rings (SSSR count). The Hall–Kier alpha value is -2.62. The molecule has 0 unspecified atom stereocenters. The van der Waals surface area contributed by atoms with E-state index < -0.39 is 0 Å². The summed E-state index contributed by atoms with van der Waals surface area (Å²) in [7, 11) is 0. The Morgan fingerprint density at radius 2 is 1.46 bits per heavy atom. The number of benzene rings is 2. The second-order valence-electron chi connectivity index (χ2n) is 7.60. The molecule has 0 saturated heterocycles. The summed E-state index contributed by atoms with van der Waals surface area (Å²) in [6.45, 7) is 8.69. The Morgan fingerprint density at radius 3 is 2.00 bits per heavy atom. The van der Waals surface area contributed by atoms with Crippen LogP contribution in [0.3, 0.4) is 0 Å². The number of hydrogen-bond donors (Lipinski definition) is 2. The number of carbonyl (C=O) groups excluding carboxylic acids is 2. The maximum absolute atomic E-state index is 12.1. The Bertz CT molecular complexity index is 741. The van der Waals surface area contributed by atoms with Crippen molar-refractivity contribution in [3.05, 3.63) is 65.2 Å². The molecule has 2 aromatic rings. The van der Waals surface area contributed by atoms with Gasteiger partial charge in [0.2, 0.25) is 11.8 Å². The number of anilines is 1. The highest BCUT2D eigenvalue weighted by molar-refractivity contribution is 5.88. The van der Waals surface area contributed by atoms with Crippen LogP contribution in [-0.2, 0) is 27.8 Å². The molecule has 138 valence electrons. The summed E-state index contributed by atoms with van der Waals surface area (Å²) in [6, 6.07) is 15.9. The highest BCUT2D eigenvalue weighted by Crippen LogP contribution is 2.22. The van der Waals surface area contributed by atoms with Gasteiger partial charge in [-0.25, -0.2) is 0 Å². The van der Waals surface area contributed by atoms with Crippen molar-refractivity contribution in [3.8, 4) is 0 Å². The summed E-state index contributed by atoms with van der Waals surface area (Å²) in [5.41, 5.74) is 4.35. The lowest BCUT2D eigenvalue weighted by Gasteiger charge is -2.19. The topological polar surface area (TPSA) is 58.2 Å². The minimum absolute atomic E-state index is 0.00332. The third kappa shape index (κ3) is 6.36. The summed E-state index contributed by atoms with van der Waals surface area (Å²) in [5, 5.41) is 5.67. The highest BCUT2D eigenvalue weighted by Gasteiger charge is 2.12. The van der Waals surface area contributed by atoms with Crippen molar-refractivity contribution in [2.24, 2.45) is 0 Å². The molecule has 2 aromatic carbocycles. The van der Waals surface area contributed by atoms with Crippen LogP contribution >= 0.6 is 0 Å². The van der Waals surface area contributed by atoms with Gasteiger partial charge in [0.25, 0.3) is 0 Å². The number of nitrogens with one attached hydrogen (secondary N) is 2. The van der Waals surface area contributed by atoms with Crippen LogP contribution in [0.25, 0.3) is 0 Å². The van der Waals surface area contributed by atoms with Gasteiger partial charge in [0.1, 0.15) is 0 Å². The average molecular weight is 352 g/mol. The standard InChI is InChI=1S/C22H28N2O2/c1-16(25)24-20-11-7-18(8-12-20)15-21(26)23-14-13-17-5-9-19(10-6-17)22(2,3)4/h5-12H,13-15H2,1-4H3,(H,23,26)(H,24,25). The summed E-state index contributed by atoms with van der Waals surface area (Å²) in [6.07, 6.45) is 1.15. The molecule has 0 heterocycles. The van der Waals surface area contributed by atoms with Gasteiger partial charge >= 0.3 is 0 Å². The van der Waals surface area contributed by atoms with Crippen molar-refractivity contribution in [2.75, 3.05) is 11.9 Å². The molecule has 0 aliphatic carbocycles. The van der Waals surface area contributed by atoms with Crippen LogP contribution in [-0.4, -0.2) is 18.4 Å². The van der Waals surface area contributed by atoms with Crippen molar-refractivity contribution >= 4 is 17.5 Å². The second kappa shape index (κ2) is 8.65. The Morgan fingerprint density at radius 1 is 0.885 bits per heavy atom. The van der Waals surface area contributed by atoms with Crippen molar-refractivity contribution in [1.82, 2.24) is 5.32 Å². The molecule has 2 amide bonds. The van der Waals surface area contributed by atoms with Gasteiger partial charge < -0.3 is 10.6 Å². The van der Waals surface area contributed by atoms with E-state index in [9.17, 15) is 9.59 Å². The fourth-order valence-corrected chi connectivity index (χ4v) is 2.67. The molecule has 4 heteroatoms.